The smallest absolute Gasteiger partial charge is 0.356 e. The molecule has 1 fully saturated rings. The Kier molecular flexibility index (Phi) is 2.89. The Hall–Kier alpha value is -2.05. The molecule has 1 aliphatic rings. The van der Waals surface area contributed by atoms with Gasteiger partial charge in [-0.05, 0) is 18.9 Å². The van der Waals surface area contributed by atoms with Gasteiger partial charge in [0.2, 0.25) is 0 Å². The molecule has 3 rings (SSSR count). The molecular formula is C12H15BN4O2. The van der Waals surface area contributed by atoms with Crippen molar-refractivity contribution in [3.05, 3.63) is 17.8 Å². The van der Waals surface area contributed by atoms with E-state index in [-0.39, 0.29) is 0 Å². The molecule has 0 radical (unpaired) electrons. The topological polar surface area (TPSA) is 59.7 Å². The Morgan fingerprint density at radius 2 is 2.11 bits per heavy atom. The van der Waals surface area contributed by atoms with Crippen LogP contribution < -0.4 is 10.5 Å². The van der Waals surface area contributed by atoms with Crippen LogP contribution in [0.5, 0.6) is 0 Å². The van der Waals surface area contributed by atoms with Crippen molar-refractivity contribution >= 4 is 30.9 Å². The molecule has 3 heterocycles. The maximum Gasteiger partial charge on any atom is 0.356 e. The Morgan fingerprint density at radius 3 is 2.79 bits per heavy atom. The van der Waals surface area contributed by atoms with Crippen molar-refractivity contribution in [2.75, 3.05) is 25.1 Å². The molecule has 2 aromatic rings. The highest BCUT2D eigenvalue weighted by molar-refractivity contribution is 6.31. The van der Waals surface area contributed by atoms with Crippen LogP contribution in [0.15, 0.2) is 12.1 Å². The lowest BCUT2D eigenvalue weighted by molar-refractivity contribution is 0.0594. The summed E-state index contributed by atoms with van der Waals surface area (Å²) in [5.41, 5.74) is 1.90. The van der Waals surface area contributed by atoms with Crippen molar-refractivity contribution in [1.82, 2.24) is 14.6 Å². The molecule has 19 heavy (non-hydrogen) atoms. The molecule has 0 atom stereocenters. The van der Waals surface area contributed by atoms with E-state index in [1.807, 2.05) is 13.9 Å². The number of methoxy groups -OCH3 is 1. The van der Waals surface area contributed by atoms with E-state index < -0.39 is 5.97 Å². The third-order valence-electron chi connectivity index (χ3n) is 3.36. The second-order valence-electron chi connectivity index (χ2n) is 4.74. The van der Waals surface area contributed by atoms with Crippen LogP contribution in [0.25, 0.3) is 5.65 Å². The first-order chi connectivity index (χ1) is 9.19. The van der Waals surface area contributed by atoms with Gasteiger partial charge in [0.05, 0.1) is 7.11 Å². The van der Waals surface area contributed by atoms with Crippen LogP contribution >= 0.6 is 0 Å². The second kappa shape index (κ2) is 4.57. The van der Waals surface area contributed by atoms with Crippen LogP contribution in [0.4, 0.5) is 5.82 Å². The number of aromatic nitrogens is 3. The quantitative estimate of drug-likeness (QED) is 0.530. The molecule has 2 aromatic heterocycles. The lowest BCUT2D eigenvalue weighted by atomic mass is 10.1. The number of rotatable bonds is 2. The molecule has 7 heteroatoms. The van der Waals surface area contributed by atoms with E-state index in [0.29, 0.717) is 11.3 Å². The van der Waals surface area contributed by atoms with Gasteiger partial charge < -0.3 is 9.64 Å². The zero-order chi connectivity index (χ0) is 13.4. The number of anilines is 1. The van der Waals surface area contributed by atoms with Crippen molar-refractivity contribution in [2.45, 2.75) is 12.8 Å². The fourth-order valence-corrected chi connectivity index (χ4v) is 2.45. The van der Waals surface area contributed by atoms with Gasteiger partial charge in [0.25, 0.3) is 0 Å². The monoisotopic (exact) mass is 258 g/mol. The van der Waals surface area contributed by atoms with Gasteiger partial charge in [-0.3, -0.25) is 0 Å². The minimum absolute atomic E-state index is 0.330. The maximum absolute atomic E-state index is 11.7. The largest absolute Gasteiger partial charge is 0.464 e. The van der Waals surface area contributed by atoms with Crippen molar-refractivity contribution in [1.29, 1.82) is 0 Å². The SMILES string of the molecule is Bc1cc2nc(C(=O)OC)cc(N3CCCC3)n2n1. The summed E-state index contributed by atoms with van der Waals surface area (Å²) in [6.45, 7) is 1.97. The van der Waals surface area contributed by atoms with Crippen LogP contribution in [0.2, 0.25) is 0 Å². The molecule has 1 saturated heterocycles. The Morgan fingerprint density at radius 1 is 1.37 bits per heavy atom. The van der Waals surface area contributed by atoms with Crippen LogP contribution in [-0.2, 0) is 4.74 Å². The summed E-state index contributed by atoms with van der Waals surface area (Å²) in [4.78, 5) is 18.2. The number of esters is 1. The number of carbonyl (C=O) groups excluding carboxylic acids is 1. The van der Waals surface area contributed by atoms with E-state index >= 15 is 0 Å². The predicted molar refractivity (Wildman–Crippen MR) is 74.0 cm³/mol. The highest BCUT2D eigenvalue weighted by Gasteiger charge is 2.20. The molecule has 0 spiro atoms. The number of fused-ring (bicyclic) bond motifs is 1. The van der Waals surface area contributed by atoms with E-state index in [1.165, 1.54) is 7.11 Å². The van der Waals surface area contributed by atoms with E-state index in [4.69, 9.17) is 4.74 Å². The van der Waals surface area contributed by atoms with Gasteiger partial charge in [-0.1, -0.05) is 0 Å². The molecule has 0 amide bonds. The minimum atomic E-state index is -0.415. The van der Waals surface area contributed by atoms with E-state index in [9.17, 15) is 4.79 Å². The van der Waals surface area contributed by atoms with Gasteiger partial charge in [-0.15, -0.1) is 0 Å². The van der Waals surface area contributed by atoms with Crippen molar-refractivity contribution in [3.63, 3.8) is 0 Å². The zero-order valence-electron chi connectivity index (χ0n) is 11.1. The van der Waals surface area contributed by atoms with Gasteiger partial charge in [0, 0.05) is 24.7 Å². The summed E-state index contributed by atoms with van der Waals surface area (Å²) in [7, 11) is 3.28. The molecule has 0 aliphatic carbocycles. The number of nitrogens with zero attached hydrogens (tertiary/aromatic N) is 4. The van der Waals surface area contributed by atoms with Crippen molar-refractivity contribution in [3.8, 4) is 0 Å². The molecule has 0 saturated carbocycles. The fraction of sp³-hybridized carbons (Fsp3) is 0.417. The van der Waals surface area contributed by atoms with E-state index in [0.717, 1.165) is 37.3 Å². The molecular weight excluding hydrogens is 243 g/mol. The van der Waals surface area contributed by atoms with Crippen LogP contribution in [0, 0.1) is 0 Å². The van der Waals surface area contributed by atoms with Crippen molar-refractivity contribution in [2.24, 2.45) is 0 Å². The third kappa shape index (κ3) is 2.05. The molecule has 98 valence electrons. The molecule has 0 aromatic carbocycles. The summed E-state index contributed by atoms with van der Waals surface area (Å²) >= 11 is 0. The highest BCUT2D eigenvalue weighted by atomic mass is 16.5. The van der Waals surface area contributed by atoms with Gasteiger partial charge in [-0.2, -0.15) is 9.61 Å². The lowest BCUT2D eigenvalue weighted by Crippen LogP contribution is -2.22. The van der Waals surface area contributed by atoms with Gasteiger partial charge in [-0.25, -0.2) is 9.78 Å². The molecule has 0 unspecified atom stereocenters. The van der Waals surface area contributed by atoms with Gasteiger partial charge in [0.15, 0.2) is 19.2 Å². The molecule has 0 bridgehead atoms. The highest BCUT2D eigenvalue weighted by Crippen LogP contribution is 2.21. The summed E-state index contributed by atoms with van der Waals surface area (Å²) in [6.07, 6.45) is 2.33. The predicted octanol–water partition coefficient (Wildman–Crippen LogP) is -0.625. The van der Waals surface area contributed by atoms with Gasteiger partial charge in [0.1, 0.15) is 5.82 Å². The second-order valence-corrected chi connectivity index (χ2v) is 4.74. The summed E-state index contributed by atoms with van der Waals surface area (Å²) in [5, 5.41) is 4.44. The summed E-state index contributed by atoms with van der Waals surface area (Å²) in [5.74, 6) is 0.498. The van der Waals surface area contributed by atoms with Crippen LogP contribution in [-0.4, -0.2) is 48.6 Å². The number of hydrogen-bond acceptors (Lipinski definition) is 5. The summed E-state index contributed by atoms with van der Waals surface area (Å²) < 4.78 is 6.56. The lowest BCUT2D eigenvalue weighted by Gasteiger charge is -2.18. The molecule has 6 nitrogen and oxygen atoms in total. The first kappa shape index (κ1) is 12.0. The minimum Gasteiger partial charge on any atom is -0.464 e. The molecule has 0 N–H and O–H groups in total. The molecule has 1 aliphatic heterocycles. The standard InChI is InChI=1S/C12H15BN4O2/c1-19-12(18)8-6-11(16-4-2-3-5-16)17-10(14-8)7-9(13)15-17/h6-7H,2-5,13H2,1H3. The Bertz CT molecular complexity index is 634. The normalized spacial score (nSPS) is 15.1. The average Bonchev–Trinajstić information content (AvgIpc) is 3.04. The number of carbonyl (C=O) groups is 1. The van der Waals surface area contributed by atoms with Crippen LogP contribution in [0.1, 0.15) is 23.3 Å². The summed E-state index contributed by atoms with van der Waals surface area (Å²) in [6, 6.07) is 3.63. The van der Waals surface area contributed by atoms with E-state index in [2.05, 4.69) is 15.0 Å². The Labute approximate surface area is 111 Å². The van der Waals surface area contributed by atoms with Crippen LogP contribution in [0.3, 0.4) is 0 Å². The first-order valence-corrected chi connectivity index (χ1v) is 6.40. The zero-order valence-corrected chi connectivity index (χ0v) is 11.1. The maximum atomic E-state index is 11.7. The van der Waals surface area contributed by atoms with Crippen molar-refractivity contribution < 1.29 is 9.53 Å². The fourth-order valence-electron chi connectivity index (χ4n) is 2.45. The number of ether oxygens (including phenoxy) is 1. The first-order valence-electron chi connectivity index (χ1n) is 6.40. The number of hydrogen-bond donors (Lipinski definition) is 0. The van der Waals surface area contributed by atoms with Gasteiger partial charge >= 0.3 is 5.97 Å². The average molecular weight is 258 g/mol. The van der Waals surface area contributed by atoms with E-state index in [1.54, 1.807) is 10.6 Å². The third-order valence-corrected chi connectivity index (χ3v) is 3.36. The Balaban J connectivity index is 2.18.